The van der Waals surface area contributed by atoms with E-state index in [1.54, 1.807) is 0 Å². The minimum Gasteiger partial charge on any atom is -0.444 e. The number of nitrogens with zero attached hydrogens (tertiary/aromatic N) is 2. The van der Waals surface area contributed by atoms with Crippen LogP contribution in [0.5, 0.6) is 0 Å². The first-order chi connectivity index (χ1) is 9.17. The number of carbonyl (C=O) groups excluding carboxylic acids is 2. The van der Waals surface area contributed by atoms with Crippen LogP contribution >= 0.6 is 0 Å². The summed E-state index contributed by atoms with van der Waals surface area (Å²) in [4.78, 5) is 27.4. The molecule has 1 fully saturated rings. The highest BCUT2D eigenvalue weighted by Crippen LogP contribution is 2.12. The molecule has 20 heavy (non-hydrogen) atoms. The molecule has 1 aliphatic rings. The van der Waals surface area contributed by atoms with Crippen molar-refractivity contribution in [2.24, 2.45) is 0 Å². The van der Waals surface area contributed by atoms with E-state index in [0.717, 1.165) is 19.4 Å². The SMILES string of the molecule is CN(C)CC(=O)N1CCCC(NC(=O)OC(C)(C)C)C1. The van der Waals surface area contributed by atoms with Crippen molar-refractivity contribution >= 4 is 12.0 Å². The zero-order valence-corrected chi connectivity index (χ0v) is 13.2. The fraction of sp³-hybridized carbons (Fsp3) is 0.857. The molecule has 0 aromatic carbocycles. The second-order valence-corrected chi connectivity index (χ2v) is 6.56. The molecule has 1 saturated heterocycles. The van der Waals surface area contributed by atoms with Crippen LogP contribution in [0.15, 0.2) is 0 Å². The van der Waals surface area contributed by atoms with Crippen molar-refractivity contribution in [3.8, 4) is 0 Å². The van der Waals surface area contributed by atoms with Crippen molar-refractivity contribution < 1.29 is 14.3 Å². The van der Waals surface area contributed by atoms with E-state index in [1.165, 1.54) is 0 Å². The van der Waals surface area contributed by atoms with Crippen LogP contribution in [0.1, 0.15) is 33.6 Å². The molecule has 1 unspecified atom stereocenters. The molecule has 2 amide bonds. The number of likely N-dealkylation sites (N-methyl/N-ethyl adjacent to an activating group) is 1. The first-order valence-corrected chi connectivity index (χ1v) is 7.09. The number of carbonyl (C=O) groups is 2. The van der Waals surface area contributed by atoms with Crippen LogP contribution in [0, 0.1) is 0 Å². The number of piperidine rings is 1. The van der Waals surface area contributed by atoms with Crippen molar-refractivity contribution in [3.05, 3.63) is 0 Å². The van der Waals surface area contributed by atoms with E-state index in [0.29, 0.717) is 13.1 Å². The Kier molecular flexibility index (Phi) is 5.80. The third-order valence-corrected chi connectivity index (χ3v) is 2.95. The Bertz CT molecular complexity index is 350. The predicted octanol–water partition coefficient (Wildman–Crippen LogP) is 1.06. The van der Waals surface area contributed by atoms with Crippen LogP contribution in [0.4, 0.5) is 4.79 Å². The van der Waals surface area contributed by atoms with Crippen LogP contribution in [0.3, 0.4) is 0 Å². The van der Waals surface area contributed by atoms with Crippen molar-refractivity contribution in [1.82, 2.24) is 15.1 Å². The van der Waals surface area contributed by atoms with Crippen LogP contribution in [0.25, 0.3) is 0 Å². The van der Waals surface area contributed by atoms with Gasteiger partial charge in [-0.2, -0.15) is 0 Å². The summed E-state index contributed by atoms with van der Waals surface area (Å²) in [6, 6.07) is -0.0234. The molecule has 0 radical (unpaired) electrons. The first-order valence-electron chi connectivity index (χ1n) is 7.09. The van der Waals surface area contributed by atoms with Gasteiger partial charge in [-0.05, 0) is 47.7 Å². The van der Waals surface area contributed by atoms with Crippen molar-refractivity contribution in [2.75, 3.05) is 33.7 Å². The normalized spacial score (nSPS) is 19.9. The third-order valence-electron chi connectivity index (χ3n) is 2.95. The molecule has 0 aromatic rings. The minimum absolute atomic E-state index is 0.0234. The number of hydrogen-bond acceptors (Lipinski definition) is 4. The zero-order chi connectivity index (χ0) is 15.3. The average molecular weight is 285 g/mol. The molecule has 1 N–H and O–H groups in total. The lowest BCUT2D eigenvalue weighted by Crippen LogP contribution is -2.51. The lowest BCUT2D eigenvalue weighted by molar-refractivity contribution is -0.133. The van der Waals surface area contributed by atoms with Gasteiger partial charge >= 0.3 is 6.09 Å². The summed E-state index contributed by atoms with van der Waals surface area (Å²) < 4.78 is 5.24. The number of hydrogen-bond donors (Lipinski definition) is 1. The molecule has 1 rings (SSSR count). The van der Waals surface area contributed by atoms with Crippen molar-refractivity contribution in [1.29, 1.82) is 0 Å². The van der Waals surface area contributed by atoms with Gasteiger partial charge < -0.3 is 19.9 Å². The summed E-state index contributed by atoms with van der Waals surface area (Å²) in [5, 5.41) is 2.84. The molecule has 1 aliphatic heterocycles. The van der Waals surface area contributed by atoms with Gasteiger partial charge in [-0.15, -0.1) is 0 Å². The molecule has 1 atom stereocenters. The summed E-state index contributed by atoms with van der Waals surface area (Å²) >= 11 is 0. The number of amides is 2. The van der Waals surface area contributed by atoms with E-state index in [4.69, 9.17) is 4.74 Å². The minimum atomic E-state index is -0.501. The first kappa shape index (κ1) is 16.8. The molecule has 0 aromatic heterocycles. The van der Waals surface area contributed by atoms with Gasteiger partial charge in [0.2, 0.25) is 5.91 Å². The molecule has 6 nitrogen and oxygen atoms in total. The maximum Gasteiger partial charge on any atom is 0.407 e. The number of rotatable bonds is 3. The summed E-state index contributed by atoms with van der Waals surface area (Å²) in [5.74, 6) is 0.102. The Morgan fingerprint density at radius 1 is 1.35 bits per heavy atom. The van der Waals surface area contributed by atoms with Crippen LogP contribution in [0.2, 0.25) is 0 Å². The number of nitrogens with one attached hydrogen (secondary N) is 1. The standard InChI is InChI=1S/C14H27N3O3/c1-14(2,3)20-13(19)15-11-7-6-8-17(9-11)12(18)10-16(4)5/h11H,6-10H2,1-5H3,(H,15,19). The molecule has 116 valence electrons. The summed E-state index contributed by atoms with van der Waals surface area (Å²) in [6.07, 6.45) is 1.37. The second-order valence-electron chi connectivity index (χ2n) is 6.56. The van der Waals surface area contributed by atoms with Gasteiger partial charge in [0, 0.05) is 19.1 Å². The number of ether oxygens (including phenoxy) is 1. The van der Waals surface area contributed by atoms with Crippen molar-refractivity contribution in [3.63, 3.8) is 0 Å². The Morgan fingerprint density at radius 2 is 2.00 bits per heavy atom. The Morgan fingerprint density at radius 3 is 2.55 bits per heavy atom. The Labute approximate surface area is 121 Å². The van der Waals surface area contributed by atoms with Crippen LogP contribution in [-0.4, -0.2) is 67.2 Å². The van der Waals surface area contributed by atoms with E-state index in [-0.39, 0.29) is 11.9 Å². The molecular weight excluding hydrogens is 258 g/mol. The van der Waals surface area contributed by atoms with Crippen LogP contribution in [-0.2, 0) is 9.53 Å². The molecule has 0 bridgehead atoms. The van der Waals surface area contributed by atoms with Gasteiger partial charge in [0.1, 0.15) is 5.60 Å². The third kappa shape index (κ3) is 6.23. The quantitative estimate of drug-likeness (QED) is 0.842. The lowest BCUT2D eigenvalue weighted by Gasteiger charge is -2.34. The van der Waals surface area contributed by atoms with Gasteiger partial charge in [0.25, 0.3) is 0 Å². The highest BCUT2D eigenvalue weighted by molar-refractivity contribution is 5.78. The van der Waals surface area contributed by atoms with E-state index in [1.807, 2.05) is 44.7 Å². The fourth-order valence-electron chi connectivity index (χ4n) is 2.17. The zero-order valence-electron chi connectivity index (χ0n) is 13.2. The monoisotopic (exact) mass is 285 g/mol. The maximum atomic E-state index is 12.0. The predicted molar refractivity (Wildman–Crippen MR) is 77.5 cm³/mol. The molecular formula is C14H27N3O3. The molecule has 6 heteroatoms. The molecule has 1 heterocycles. The topological polar surface area (TPSA) is 61.9 Å². The van der Waals surface area contributed by atoms with Gasteiger partial charge in [-0.25, -0.2) is 4.79 Å². The number of likely N-dealkylation sites (tertiary alicyclic amines) is 1. The van der Waals surface area contributed by atoms with E-state index >= 15 is 0 Å². The van der Waals surface area contributed by atoms with E-state index in [2.05, 4.69) is 5.32 Å². The van der Waals surface area contributed by atoms with E-state index < -0.39 is 11.7 Å². The van der Waals surface area contributed by atoms with Crippen LogP contribution < -0.4 is 5.32 Å². The summed E-state index contributed by atoms with van der Waals surface area (Å²) in [7, 11) is 3.75. The summed E-state index contributed by atoms with van der Waals surface area (Å²) in [6.45, 7) is 7.23. The largest absolute Gasteiger partial charge is 0.444 e. The molecule has 0 aliphatic carbocycles. The van der Waals surface area contributed by atoms with Gasteiger partial charge in [0.05, 0.1) is 6.54 Å². The molecule has 0 spiro atoms. The van der Waals surface area contributed by atoms with Gasteiger partial charge in [-0.3, -0.25) is 4.79 Å². The Balaban J connectivity index is 2.45. The molecule has 0 saturated carbocycles. The van der Waals surface area contributed by atoms with E-state index in [9.17, 15) is 9.59 Å². The van der Waals surface area contributed by atoms with Gasteiger partial charge in [-0.1, -0.05) is 0 Å². The highest BCUT2D eigenvalue weighted by atomic mass is 16.6. The Hall–Kier alpha value is -1.30. The summed E-state index contributed by atoms with van der Waals surface area (Å²) in [5.41, 5.74) is -0.501. The fourth-order valence-corrected chi connectivity index (χ4v) is 2.17. The van der Waals surface area contributed by atoms with Crippen molar-refractivity contribution in [2.45, 2.75) is 45.3 Å². The number of alkyl carbamates (subject to hydrolysis) is 1. The lowest BCUT2D eigenvalue weighted by atomic mass is 10.1. The second kappa shape index (κ2) is 6.92. The average Bonchev–Trinajstić information content (AvgIpc) is 2.25. The smallest absolute Gasteiger partial charge is 0.407 e. The maximum absolute atomic E-state index is 12.0. The highest BCUT2D eigenvalue weighted by Gasteiger charge is 2.26. The van der Waals surface area contributed by atoms with Gasteiger partial charge in [0.15, 0.2) is 0 Å².